The number of hydrogen-bond donors (Lipinski definition) is 1. The van der Waals surface area contributed by atoms with Gasteiger partial charge in [-0.05, 0) is 13.8 Å². The quantitative estimate of drug-likeness (QED) is 0.319. The third-order valence-corrected chi connectivity index (χ3v) is 5.92. The minimum atomic E-state index is -4.27. The van der Waals surface area contributed by atoms with Gasteiger partial charge in [0.1, 0.15) is 12.4 Å². The summed E-state index contributed by atoms with van der Waals surface area (Å²) in [6.45, 7) is 2.86. The Labute approximate surface area is 210 Å². The fourth-order valence-electron chi connectivity index (χ4n) is 3.39. The molecule has 3 aromatic rings. The minimum Gasteiger partial charge on any atom is -0.480 e. The average Bonchev–Trinajstić information content (AvgIpc) is 2.87. The first-order valence-electron chi connectivity index (χ1n) is 11.3. The van der Waals surface area contributed by atoms with E-state index in [1.807, 2.05) is 79.4 Å². The van der Waals surface area contributed by atoms with Crippen molar-refractivity contribution in [3.63, 3.8) is 0 Å². The number of nitrogens with zero attached hydrogens (tertiary/aromatic N) is 3. The zero-order valence-corrected chi connectivity index (χ0v) is 20.9. The molecule has 192 valence electrons. The van der Waals surface area contributed by atoms with Crippen LogP contribution in [0, 0.1) is 0 Å². The van der Waals surface area contributed by atoms with E-state index >= 15 is 0 Å². The fourth-order valence-corrected chi connectivity index (χ4v) is 4.01. The molecule has 3 rings (SSSR count). The van der Waals surface area contributed by atoms with Gasteiger partial charge in [0.15, 0.2) is 0 Å². The summed E-state index contributed by atoms with van der Waals surface area (Å²) in [7, 11) is -4.27. The molecule has 1 heterocycles. The molecule has 0 aliphatic carbocycles. The normalized spacial score (nSPS) is 11.5. The van der Waals surface area contributed by atoms with Crippen molar-refractivity contribution in [3.05, 3.63) is 66.9 Å². The van der Waals surface area contributed by atoms with Crippen LogP contribution in [0.5, 0.6) is 0 Å². The second kappa shape index (κ2) is 13.1. The first-order chi connectivity index (χ1) is 17.3. The second-order valence-electron chi connectivity index (χ2n) is 7.94. The van der Waals surface area contributed by atoms with Gasteiger partial charge in [0.05, 0.1) is 37.4 Å². The summed E-state index contributed by atoms with van der Waals surface area (Å²) < 4.78 is 38.4. The Bertz CT molecular complexity index is 1220. The van der Waals surface area contributed by atoms with Crippen molar-refractivity contribution in [2.75, 3.05) is 37.9 Å². The van der Waals surface area contributed by atoms with Crippen molar-refractivity contribution in [1.82, 2.24) is 9.97 Å². The monoisotopic (exact) mass is 515 g/mol. The van der Waals surface area contributed by atoms with E-state index in [1.54, 1.807) is 6.20 Å². The van der Waals surface area contributed by atoms with Gasteiger partial charge in [0.25, 0.3) is 0 Å². The van der Waals surface area contributed by atoms with Gasteiger partial charge in [-0.15, -0.1) is 0 Å². The molecule has 0 amide bonds. The van der Waals surface area contributed by atoms with E-state index in [2.05, 4.69) is 4.18 Å². The Morgan fingerprint density at radius 1 is 0.917 bits per heavy atom. The van der Waals surface area contributed by atoms with E-state index in [1.165, 1.54) is 0 Å². The Morgan fingerprint density at radius 2 is 1.50 bits per heavy atom. The van der Waals surface area contributed by atoms with Crippen molar-refractivity contribution < 1.29 is 31.4 Å². The molecular formula is C25H29N3O7S. The number of aromatic nitrogens is 2. The number of carboxylic acid groups (broad SMARTS) is 1. The largest absolute Gasteiger partial charge is 0.480 e. The highest BCUT2D eigenvalue weighted by Crippen LogP contribution is 2.30. The number of aliphatic carboxylic acids is 1. The van der Waals surface area contributed by atoms with E-state index in [0.29, 0.717) is 11.5 Å². The molecule has 36 heavy (non-hydrogen) atoms. The van der Waals surface area contributed by atoms with Gasteiger partial charge in [-0.3, -0.25) is 4.98 Å². The van der Waals surface area contributed by atoms with Crippen LogP contribution in [0.3, 0.4) is 0 Å². The Morgan fingerprint density at radius 3 is 2.08 bits per heavy atom. The Balaban J connectivity index is 1.73. The van der Waals surface area contributed by atoms with E-state index < -0.39 is 23.0 Å². The van der Waals surface area contributed by atoms with Gasteiger partial charge in [-0.2, -0.15) is 8.42 Å². The highest BCUT2D eigenvalue weighted by atomic mass is 32.3. The number of carbonyl (C=O) groups is 1. The van der Waals surface area contributed by atoms with Crippen LogP contribution in [-0.2, 0) is 28.3 Å². The maximum Gasteiger partial charge on any atom is 0.399 e. The van der Waals surface area contributed by atoms with E-state index in [9.17, 15) is 13.2 Å². The highest BCUT2D eigenvalue weighted by Gasteiger charge is 2.19. The number of hydrogen-bond acceptors (Lipinski definition) is 9. The molecule has 0 atom stereocenters. The predicted molar refractivity (Wildman–Crippen MR) is 135 cm³/mol. The molecule has 0 bridgehead atoms. The summed E-state index contributed by atoms with van der Waals surface area (Å²) >= 11 is 0. The number of rotatable bonds is 14. The van der Waals surface area contributed by atoms with Crippen LogP contribution >= 0.6 is 0 Å². The van der Waals surface area contributed by atoms with Crippen molar-refractivity contribution in [1.29, 1.82) is 0 Å². The summed E-state index contributed by atoms with van der Waals surface area (Å²) in [6.07, 6.45) is 1.67. The predicted octanol–water partition coefficient (Wildman–Crippen LogP) is 3.40. The number of benzene rings is 2. The maximum absolute atomic E-state index is 12.0. The molecule has 11 heteroatoms. The first kappa shape index (κ1) is 27.2. The molecule has 0 aliphatic heterocycles. The van der Waals surface area contributed by atoms with Crippen LogP contribution in [-0.4, -0.2) is 68.5 Å². The zero-order chi connectivity index (χ0) is 26.0. The average molecular weight is 516 g/mol. The number of anilines is 1. The van der Waals surface area contributed by atoms with Crippen LogP contribution in [0.15, 0.2) is 66.9 Å². The van der Waals surface area contributed by atoms with Crippen LogP contribution in [0.1, 0.15) is 13.8 Å². The summed E-state index contributed by atoms with van der Waals surface area (Å²) in [6, 6.07) is 19.5. The molecule has 0 saturated carbocycles. The van der Waals surface area contributed by atoms with Crippen molar-refractivity contribution in [2.24, 2.45) is 0 Å². The van der Waals surface area contributed by atoms with Crippen molar-refractivity contribution in [3.8, 4) is 22.5 Å². The van der Waals surface area contributed by atoms with Gasteiger partial charge < -0.3 is 14.7 Å². The molecule has 1 aromatic heterocycles. The lowest BCUT2D eigenvalue weighted by Gasteiger charge is -2.28. The fraction of sp³-hybridized carbons (Fsp3) is 0.320. The third kappa shape index (κ3) is 8.09. The molecule has 1 N–H and O–H groups in total. The van der Waals surface area contributed by atoms with Gasteiger partial charge in [-0.1, -0.05) is 60.7 Å². The number of carboxylic acids is 1. The van der Waals surface area contributed by atoms with Gasteiger partial charge in [-0.25, -0.2) is 18.1 Å². The highest BCUT2D eigenvalue weighted by molar-refractivity contribution is 7.81. The number of ether oxygens (including phenoxy) is 1. The first-order valence-corrected chi connectivity index (χ1v) is 12.7. The summed E-state index contributed by atoms with van der Waals surface area (Å²) in [5, 5.41) is 8.51. The molecule has 0 saturated heterocycles. The third-order valence-electron chi connectivity index (χ3n) is 5.01. The topological polar surface area (TPSA) is 128 Å². The summed E-state index contributed by atoms with van der Waals surface area (Å²) in [4.78, 5) is 21.9. The SMILES string of the molecule is CC(C)N(CCOS(=O)(=O)OCCOCC(=O)O)c1cnc(-c2ccccc2)c(-c2ccccc2)n1. The molecule has 0 aliphatic rings. The Kier molecular flexibility index (Phi) is 9.88. The molecule has 0 radical (unpaired) electrons. The van der Waals surface area contributed by atoms with Gasteiger partial charge in [0, 0.05) is 23.7 Å². The maximum atomic E-state index is 12.0. The minimum absolute atomic E-state index is 0.0258. The van der Waals surface area contributed by atoms with Crippen molar-refractivity contribution in [2.45, 2.75) is 19.9 Å². The molecule has 10 nitrogen and oxygen atoms in total. The summed E-state index contributed by atoms with van der Waals surface area (Å²) in [5.74, 6) is -0.578. The van der Waals surface area contributed by atoms with Crippen molar-refractivity contribution >= 4 is 22.2 Å². The van der Waals surface area contributed by atoms with Crippen LogP contribution in [0.2, 0.25) is 0 Å². The molecule has 0 spiro atoms. The van der Waals surface area contributed by atoms with Crippen LogP contribution < -0.4 is 4.90 Å². The molecule has 0 fully saturated rings. The lowest BCUT2D eigenvalue weighted by molar-refractivity contribution is -0.142. The van der Waals surface area contributed by atoms with E-state index in [0.717, 1.165) is 16.8 Å². The van der Waals surface area contributed by atoms with Gasteiger partial charge >= 0.3 is 16.4 Å². The lowest BCUT2D eigenvalue weighted by Crippen LogP contribution is -2.35. The van der Waals surface area contributed by atoms with Gasteiger partial charge in [0.2, 0.25) is 0 Å². The summed E-state index contributed by atoms with van der Waals surface area (Å²) in [5.41, 5.74) is 3.30. The molecule has 2 aromatic carbocycles. The van der Waals surface area contributed by atoms with E-state index in [-0.39, 0.29) is 32.4 Å². The van der Waals surface area contributed by atoms with E-state index in [4.69, 9.17) is 24.0 Å². The lowest BCUT2D eigenvalue weighted by atomic mass is 10.0. The standard InChI is InChI=1S/C25H29N3O7S/c1-19(2)28(13-14-34-36(31,32)35-16-15-33-18-23(29)30)22-17-26-24(20-9-5-3-6-10-20)25(27-22)21-11-7-4-8-12-21/h3-12,17,19H,13-16,18H2,1-2H3,(H,29,30). The van der Waals surface area contributed by atoms with Crippen LogP contribution in [0.25, 0.3) is 22.5 Å². The molecule has 0 unspecified atom stereocenters. The Hall–Kier alpha value is -3.38. The molecular weight excluding hydrogens is 486 g/mol. The smallest absolute Gasteiger partial charge is 0.399 e. The zero-order valence-electron chi connectivity index (χ0n) is 20.1. The van der Waals surface area contributed by atoms with Crippen LogP contribution in [0.4, 0.5) is 5.82 Å². The second-order valence-corrected chi connectivity index (χ2v) is 9.23.